The highest BCUT2D eigenvalue weighted by atomic mass is 15.2. The van der Waals surface area contributed by atoms with Crippen LogP contribution in [0.1, 0.15) is 66.7 Å². The fraction of sp³-hybridized carbons (Fsp3) is 1.00. The lowest BCUT2D eigenvalue weighted by molar-refractivity contribution is -0.0344. The van der Waals surface area contributed by atoms with E-state index in [2.05, 4.69) is 39.5 Å². The lowest BCUT2D eigenvalue weighted by Crippen LogP contribution is -2.62. The first-order chi connectivity index (χ1) is 9.28. The second-order valence-electron chi connectivity index (χ2n) is 8.82. The van der Waals surface area contributed by atoms with E-state index in [0.717, 1.165) is 24.3 Å². The van der Waals surface area contributed by atoms with Crippen molar-refractivity contribution in [2.24, 2.45) is 28.9 Å². The quantitative estimate of drug-likeness (QED) is 0.849. The summed E-state index contributed by atoms with van der Waals surface area (Å²) in [5.74, 6) is 2.60. The van der Waals surface area contributed by atoms with E-state index in [0.29, 0.717) is 11.0 Å². The molecule has 1 heterocycles. The Hall–Kier alpha value is -0.0800. The molecule has 0 aromatic heterocycles. The highest BCUT2D eigenvalue weighted by Crippen LogP contribution is 2.47. The van der Waals surface area contributed by atoms with Crippen LogP contribution < -0.4 is 5.73 Å². The van der Waals surface area contributed by atoms with Gasteiger partial charge in [-0.15, -0.1) is 0 Å². The average Bonchev–Trinajstić information content (AvgIpc) is 2.53. The van der Waals surface area contributed by atoms with Crippen LogP contribution in [0.15, 0.2) is 0 Å². The van der Waals surface area contributed by atoms with Crippen LogP contribution in [0.3, 0.4) is 0 Å². The molecule has 1 aliphatic carbocycles. The SMILES string of the molecule is CC(C)C1CC(CN)(N2CCCC(C(C)(C)C)CC2)C1. The maximum Gasteiger partial charge on any atom is 0.0337 e. The number of hydrogen-bond acceptors (Lipinski definition) is 2. The molecule has 0 spiro atoms. The van der Waals surface area contributed by atoms with Crippen molar-refractivity contribution in [2.45, 2.75) is 72.3 Å². The minimum Gasteiger partial charge on any atom is -0.329 e. The third-order valence-electron chi connectivity index (χ3n) is 6.23. The molecule has 1 atom stereocenters. The second-order valence-corrected chi connectivity index (χ2v) is 8.82. The van der Waals surface area contributed by atoms with Gasteiger partial charge in [0.05, 0.1) is 0 Å². The van der Waals surface area contributed by atoms with Gasteiger partial charge in [0.1, 0.15) is 0 Å². The Morgan fingerprint density at radius 1 is 1.15 bits per heavy atom. The molecule has 0 aromatic rings. The summed E-state index contributed by atoms with van der Waals surface area (Å²) in [6, 6.07) is 0. The molecule has 1 unspecified atom stereocenters. The van der Waals surface area contributed by atoms with Crippen molar-refractivity contribution in [2.75, 3.05) is 19.6 Å². The summed E-state index contributed by atoms with van der Waals surface area (Å²) < 4.78 is 0. The highest BCUT2D eigenvalue weighted by molar-refractivity contribution is 5.04. The summed E-state index contributed by atoms with van der Waals surface area (Å²) in [6.07, 6.45) is 6.78. The van der Waals surface area contributed by atoms with E-state index < -0.39 is 0 Å². The van der Waals surface area contributed by atoms with Gasteiger partial charge in [0, 0.05) is 12.1 Å². The summed E-state index contributed by atoms with van der Waals surface area (Å²) in [5, 5.41) is 0. The van der Waals surface area contributed by atoms with Crippen LogP contribution in [0.4, 0.5) is 0 Å². The Labute approximate surface area is 126 Å². The van der Waals surface area contributed by atoms with Gasteiger partial charge in [-0.25, -0.2) is 0 Å². The minimum atomic E-state index is 0.349. The summed E-state index contributed by atoms with van der Waals surface area (Å²) in [5.41, 5.74) is 7.00. The van der Waals surface area contributed by atoms with Crippen molar-refractivity contribution in [3.05, 3.63) is 0 Å². The van der Waals surface area contributed by atoms with E-state index in [1.165, 1.54) is 45.2 Å². The molecule has 2 N–H and O–H groups in total. The van der Waals surface area contributed by atoms with Crippen LogP contribution in [0, 0.1) is 23.2 Å². The first-order valence-electron chi connectivity index (χ1n) is 8.73. The van der Waals surface area contributed by atoms with Crippen LogP contribution in [0.5, 0.6) is 0 Å². The predicted molar refractivity (Wildman–Crippen MR) is 87.7 cm³/mol. The third kappa shape index (κ3) is 3.22. The van der Waals surface area contributed by atoms with Gasteiger partial charge in [-0.3, -0.25) is 4.90 Å². The first-order valence-corrected chi connectivity index (χ1v) is 8.73. The number of nitrogens with zero attached hydrogens (tertiary/aromatic N) is 1. The Bertz CT molecular complexity index is 310. The minimum absolute atomic E-state index is 0.349. The van der Waals surface area contributed by atoms with Gasteiger partial charge >= 0.3 is 0 Å². The Balaban J connectivity index is 1.96. The first kappa shape index (κ1) is 16.3. The highest BCUT2D eigenvalue weighted by Gasteiger charge is 2.48. The van der Waals surface area contributed by atoms with Crippen LogP contribution in [0.25, 0.3) is 0 Å². The molecule has 0 amide bonds. The van der Waals surface area contributed by atoms with Crippen LogP contribution >= 0.6 is 0 Å². The molecule has 1 saturated carbocycles. The number of hydrogen-bond donors (Lipinski definition) is 1. The molecule has 20 heavy (non-hydrogen) atoms. The van der Waals surface area contributed by atoms with E-state index in [-0.39, 0.29) is 0 Å². The molecule has 2 heteroatoms. The number of likely N-dealkylation sites (tertiary alicyclic amines) is 1. The molecule has 118 valence electrons. The molecule has 2 nitrogen and oxygen atoms in total. The zero-order chi connectivity index (χ0) is 15.0. The van der Waals surface area contributed by atoms with Crippen molar-refractivity contribution in [3.63, 3.8) is 0 Å². The average molecular weight is 281 g/mol. The third-order valence-corrected chi connectivity index (χ3v) is 6.23. The zero-order valence-corrected chi connectivity index (χ0v) is 14.4. The molecule has 1 aliphatic heterocycles. The Kier molecular flexibility index (Phi) is 4.86. The second kappa shape index (κ2) is 5.96. The van der Waals surface area contributed by atoms with Gasteiger partial charge in [-0.05, 0) is 68.4 Å². The number of rotatable bonds is 3. The van der Waals surface area contributed by atoms with Gasteiger partial charge in [0.2, 0.25) is 0 Å². The summed E-state index contributed by atoms with van der Waals surface area (Å²) in [4.78, 5) is 2.76. The Morgan fingerprint density at radius 2 is 1.80 bits per heavy atom. The van der Waals surface area contributed by atoms with Crippen molar-refractivity contribution in [3.8, 4) is 0 Å². The van der Waals surface area contributed by atoms with Gasteiger partial charge in [0.15, 0.2) is 0 Å². The van der Waals surface area contributed by atoms with Gasteiger partial charge in [0.25, 0.3) is 0 Å². The lowest BCUT2D eigenvalue weighted by atomic mass is 9.63. The van der Waals surface area contributed by atoms with Crippen molar-refractivity contribution < 1.29 is 0 Å². The molecule has 2 fully saturated rings. The molecule has 2 rings (SSSR count). The van der Waals surface area contributed by atoms with E-state index >= 15 is 0 Å². The maximum atomic E-state index is 6.19. The normalized spacial score (nSPS) is 36.8. The smallest absolute Gasteiger partial charge is 0.0337 e. The van der Waals surface area contributed by atoms with Crippen LogP contribution in [0.2, 0.25) is 0 Å². The zero-order valence-electron chi connectivity index (χ0n) is 14.4. The van der Waals surface area contributed by atoms with Crippen LogP contribution in [-0.2, 0) is 0 Å². The van der Waals surface area contributed by atoms with Crippen LogP contribution in [-0.4, -0.2) is 30.1 Å². The van der Waals surface area contributed by atoms with Crippen molar-refractivity contribution in [1.29, 1.82) is 0 Å². The summed E-state index contributed by atoms with van der Waals surface area (Å²) in [6.45, 7) is 15.3. The molecule has 2 aliphatic rings. The topological polar surface area (TPSA) is 29.3 Å². The lowest BCUT2D eigenvalue weighted by Gasteiger charge is -2.55. The fourth-order valence-electron chi connectivity index (χ4n) is 4.38. The molecule has 0 bridgehead atoms. The molecular weight excluding hydrogens is 244 g/mol. The number of nitrogens with two attached hydrogens (primary N) is 1. The Morgan fingerprint density at radius 3 is 2.30 bits per heavy atom. The monoisotopic (exact) mass is 280 g/mol. The largest absolute Gasteiger partial charge is 0.329 e. The van der Waals surface area contributed by atoms with Gasteiger partial charge in [-0.1, -0.05) is 34.6 Å². The maximum absolute atomic E-state index is 6.19. The molecule has 0 radical (unpaired) electrons. The molecule has 0 aromatic carbocycles. The fourth-order valence-corrected chi connectivity index (χ4v) is 4.38. The van der Waals surface area contributed by atoms with E-state index in [4.69, 9.17) is 5.73 Å². The molecule has 1 saturated heterocycles. The summed E-state index contributed by atoms with van der Waals surface area (Å²) in [7, 11) is 0. The van der Waals surface area contributed by atoms with Crippen molar-refractivity contribution >= 4 is 0 Å². The van der Waals surface area contributed by atoms with E-state index in [1.54, 1.807) is 0 Å². The van der Waals surface area contributed by atoms with E-state index in [9.17, 15) is 0 Å². The predicted octanol–water partition coefficient (Wildman–Crippen LogP) is 3.90. The van der Waals surface area contributed by atoms with Crippen molar-refractivity contribution in [1.82, 2.24) is 4.90 Å². The van der Waals surface area contributed by atoms with Gasteiger partial charge < -0.3 is 5.73 Å². The molecular formula is C18H36N2. The summed E-state index contributed by atoms with van der Waals surface area (Å²) >= 11 is 0. The standard InChI is InChI=1S/C18H36N2/c1-14(2)15-11-18(12-15,13-19)20-9-6-7-16(8-10-20)17(3,4)5/h14-16H,6-13,19H2,1-5H3. The van der Waals surface area contributed by atoms with Gasteiger partial charge in [-0.2, -0.15) is 0 Å². The van der Waals surface area contributed by atoms with E-state index in [1.807, 2.05) is 0 Å².